The minimum Gasteiger partial charge on any atom is -0.387 e. The van der Waals surface area contributed by atoms with Gasteiger partial charge in [0, 0.05) is 25.5 Å². The standard InChI is InChI=1S/C16H17FN2O/c1-11-4-9-14(15(10-11)18-2)16(20)19(3)13-7-5-12(17)6-8-13/h4-10,18H,1-3H3. The summed E-state index contributed by atoms with van der Waals surface area (Å²) in [7, 11) is 3.46. The van der Waals surface area contributed by atoms with Crippen LogP contribution < -0.4 is 10.2 Å². The summed E-state index contributed by atoms with van der Waals surface area (Å²) in [5, 5.41) is 3.03. The second-order valence-electron chi connectivity index (χ2n) is 4.64. The molecule has 2 aromatic carbocycles. The molecule has 0 unspecified atom stereocenters. The lowest BCUT2D eigenvalue weighted by Crippen LogP contribution is -2.27. The van der Waals surface area contributed by atoms with Gasteiger partial charge in [-0.2, -0.15) is 0 Å². The normalized spacial score (nSPS) is 10.2. The van der Waals surface area contributed by atoms with Crippen LogP contribution in [-0.4, -0.2) is 20.0 Å². The molecule has 0 atom stereocenters. The van der Waals surface area contributed by atoms with Gasteiger partial charge < -0.3 is 10.2 Å². The van der Waals surface area contributed by atoms with Crippen molar-refractivity contribution in [2.75, 3.05) is 24.3 Å². The molecule has 0 spiro atoms. The summed E-state index contributed by atoms with van der Waals surface area (Å²) in [6.07, 6.45) is 0. The van der Waals surface area contributed by atoms with Crippen LogP contribution >= 0.6 is 0 Å². The van der Waals surface area contributed by atoms with Crippen LogP contribution in [0.15, 0.2) is 42.5 Å². The van der Waals surface area contributed by atoms with E-state index >= 15 is 0 Å². The zero-order chi connectivity index (χ0) is 14.7. The van der Waals surface area contributed by atoms with E-state index in [1.54, 1.807) is 32.3 Å². The third-order valence-electron chi connectivity index (χ3n) is 3.19. The van der Waals surface area contributed by atoms with Crippen LogP contribution in [0, 0.1) is 12.7 Å². The van der Waals surface area contributed by atoms with Gasteiger partial charge in [-0.25, -0.2) is 4.39 Å². The number of nitrogens with one attached hydrogen (secondary N) is 1. The van der Waals surface area contributed by atoms with Crippen molar-refractivity contribution in [1.82, 2.24) is 0 Å². The van der Waals surface area contributed by atoms with Crippen molar-refractivity contribution in [3.8, 4) is 0 Å². The molecule has 20 heavy (non-hydrogen) atoms. The summed E-state index contributed by atoms with van der Waals surface area (Å²) in [5.41, 5.74) is 3.10. The van der Waals surface area contributed by atoms with Crippen LogP contribution in [0.2, 0.25) is 0 Å². The van der Waals surface area contributed by atoms with E-state index in [-0.39, 0.29) is 11.7 Å². The quantitative estimate of drug-likeness (QED) is 0.928. The van der Waals surface area contributed by atoms with Crippen LogP contribution in [0.4, 0.5) is 15.8 Å². The van der Waals surface area contributed by atoms with Gasteiger partial charge in [0.05, 0.1) is 5.56 Å². The molecule has 104 valence electrons. The van der Waals surface area contributed by atoms with Crippen molar-refractivity contribution in [3.05, 3.63) is 59.4 Å². The Hall–Kier alpha value is -2.36. The van der Waals surface area contributed by atoms with Crippen LogP contribution in [-0.2, 0) is 0 Å². The molecule has 2 aromatic rings. The Morgan fingerprint density at radius 3 is 2.40 bits per heavy atom. The molecular weight excluding hydrogens is 255 g/mol. The molecule has 0 aliphatic heterocycles. The summed E-state index contributed by atoms with van der Waals surface area (Å²) < 4.78 is 12.9. The summed E-state index contributed by atoms with van der Waals surface area (Å²) >= 11 is 0. The van der Waals surface area contributed by atoms with Gasteiger partial charge >= 0.3 is 0 Å². The molecule has 1 amide bonds. The number of amides is 1. The lowest BCUT2D eigenvalue weighted by Gasteiger charge is -2.19. The van der Waals surface area contributed by atoms with E-state index in [1.807, 2.05) is 19.1 Å². The number of aryl methyl sites for hydroxylation is 1. The largest absolute Gasteiger partial charge is 0.387 e. The van der Waals surface area contributed by atoms with Gasteiger partial charge in [0.15, 0.2) is 0 Å². The molecule has 1 N–H and O–H groups in total. The van der Waals surface area contributed by atoms with Crippen molar-refractivity contribution in [2.45, 2.75) is 6.92 Å². The topological polar surface area (TPSA) is 32.3 Å². The molecule has 0 aliphatic rings. The lowest BCUT2D eigenvalue weighted by atomic mass is 10.1. The fourth-order valence-corrected chi connectivity index (χ4v) is 2.01. The van der Waals surface area contributed by atoms with Gasteiger partial charge in [0.1, 0.15) is 5.82 Å². The van der Waals surface area contributed by atoms with Gasteiger partial charge in [-0.3, -0.25) is 4.79 Å². The number of rotatable bonds is 3. The molecule has 3 nitrogen and oxygen atoms in total. The number of nitrogens with zero attached hydrogens (tertiary/aromatic N) is 1. The molecule has 0 aliphatic carbocycles. The highest BCUT2D eigenvalue weighted by Crippen LogP contribution is 2.22. The minimum atomic E-state index is -0.319. The summed E-state index contributed by atoms with van der Waals surface area (Å²) in [6.45, 7) is 1.97. The maximum atomic E-state index is 12.9. The predicted octanol–water partition coefficient (Wildman–Crippen LogP) is 3.45. The van der Waals surface area contributed by atoms with Crippen molar-refractivity contribution in [1.29, 1.82) is 0 Å². The molecule has 4 heteroatoms. The highest BCUT2D eigenvalue weighted by Gasteiger charge is 2.16. The molecule has 0 bridgehead atoms. The van der Waals surface area contributed by atoms with Gasteiger partial charge in [-0.05, 0) is 48.9 Å². The van der Waals surface area contributed by atoms with Crippen LogP contribution in [0.1, 0.15) is 15.9 Å². The Morgan fingerprint density at radius 2 is 1.80 bits per heavy atom. The fraction of sp³-hybridized carbons (Fsp3) is 0.188. The number of anilines is 2. The maximum absolute atomic E-state index is 12.9. The molecule has 0 saturated heterocycles. The number of benzene rings is 2. The molecule has 0 radical (unpaired) electrons. The predicted molar refractivity (Wildman–Crippen MR) is 79.9 cm³/mol. The number of carbonyl (C=O) groups excluding carboxylic acids is 1. The Bertz CT molecular complexity index is 623. The van der Waals surface area contributed by atoms with E-state index in [0.717, 1.165) is 11.3 Å². The van der Waals surface area contributed by atoms with Gasteiger partial charge in [-0.1, -0.05) is 6.07 Å². The van der Waals surface area contributed by atoms with Crippen molar-refractivity contribution < 1.29 is 9.18 Å². The zero-order valence-electron chi connectivity index (χ0n) is 11.8. The lowest BCUT2D eigenvalue weighted by molar-refractivity contribution is 0.0993. The molecule has 2 rings (SSSR count). The van der Waals surface area contributed by atoms with Crippen molar-refractivity contribution in [2.24, 2.45) is 0 Å². The first-order valence-electron chi connectivity index (χ1n) is 6.35. The second-order valence-corrected chi connectivity index (χ2v) is 4.64. The van der Waals surface area contributed by atoms with Gasteiger partial charge in [0.25, 0.3) is 5.91 Å². The average Bonchev–Trinajstić information content (AvgIpc) is 2.46. The Kier molecular flexibility index (Phi) is 4.03. The maximum Gasteiger partial charge on any atom is 0.260 e. The van der Waals surface area contributed by atoms with E-state index in [1.165, 1.54) is 17.0 Å². The van der Waals surface area contributed by atoms with E-state index in [2.05, 4.69) is 5.32 Å². The number of hydrogen-bond acceptors (Lipinski definition) is 2. The SMILES string of the molecule is CNc1cc(C)ccc1C(=O)N(C)c1ccc(F)cc1. The third-order valence-corrected chi connectivity index (χ3v) is 3.19. The van der Waals surface area contributed by atoms with Crippen LogP contribution in [0.5, 0.6) is 0 Å². The molecule has 0 aromatic heterocycles. The third kappa shape index (κ3) is 2.79. The number of halogens is 1. The van der Waals surface area contributed by atoms with Gasteiger partial charge in [0.2, 0.25) is 0 Å². The molecule has 0 fully saturated rings. The second kappa shape index (κ2) is 5.74. The Balaban J connectivity index is 2.33. The Morgan fingerprint density at radius 1 is 1.15 bits per heavy atom. The first-order chi connectivity index (χ1) is 9.52. The highest BCUT2D eigenvalue weighted by atomic mass is 19.1. The Labute approximate surface area is 118 Å². The first-order valence-corrected chi connectivity index (χ1v) is 6.35. The van der Waals surface area contributed by atoms with E-state index in [4.69, 9.17) is 0 Å². The van der Waals surface area contributed by atoms with Crippen molar-refractivity contribution >= 4 is 17.3 Å². The fourth-order valence-electron chi connectivity index (χ4n) is 2.01. The zero-order valence-corrected chi connectivity index (χ0v) is 11.8. The monoisotopic (exact) mass is 272 g/mol. The molecule has 0 saturated carbocycles. The minimum absolute atomic E-state index is 0.138. The van der Waals surface area contributed by atoms with Gasteiger partial charge in [-0.15, -0.1) is 0 Å². The van der Waals surface area contributed by atoms with Crippen molar-refractivity contribution in [3.63, 3.8) is 0 Å². The van der Waals surface area contributed by atoms with Crippen LogP contribution in [0.3, 0.4) is 0 Å². The molecular formula is C16H17FN2O. The van der Waals surface area contributed by atoms with E-state index < -0.39 is 0 Å². The van der Waals surface area contributed by atoms with E-state index in [0.29, 0.717) is 11.3 Å². The highest BCUT2D eigenvalue weighted by molar-refractivity contribution is 6.09. The summed E-state index contributed by atoms with van der Waals surface area (Å²) in [6, 6.07) is 11.5. The van der Waals surface area contributed by atoms with E-state index in [9.17, 15) is 9.18 Å². The molecule has 0 heterocycles. The average molecular weight is 272 g/mol. The summed E-state index contributed by atoms with van der Waals surface area (Å²) in [5.74, 6) is -0.457. The summed E-state index contributed by atoms with van der Waals surface area (Å²) in [4.78, 5) is 14.0. The number of carbonyl (C=O) groups is 1. The van der Waals surface area contributed by atoms with Crippen LogP contribution in [0.25, 0.3) is 0 Å². The smallest absolute Gasteiger partial charge is 0.260 e. The number of hydrogen-bond donors (Lipinski definition) is 1. The first kappa shape index (κ1) is 14.1.